The molecule has 9 nitrogen and oxygen atoms in total. The fraction of sp³-hybridized carbons (Fsp3) is 0.304. The van der Waals surface area contributed by atoms with Crippen molar-refractivity contribution in [2.24, 2.45) is 5.73 Å². The van der Waals surface area contributed by atoms with Crippen LogP contribution in [-0.2, 0) is 36.8 Å². The molecule has 9 heteroatoms. The average molecular weight is 442 g/mol. The Kier molecular flexibility index (Phi) is 8.91. The molecule has 0 aliphatic carbocycles. The van der Waals surface area contributed by atoms with Crippen molar-refractivity contribution in [2.45, 2.75) is 38.8 Å². The van der Waals surface area contributed by atoms with E-state index in [2.05, 4.69) is 5.32 Å². The molecule has 0 aliphatic heterocycles. The van der Waals surface area contributed by atoms with Crippen molar-refractivity contribution in [3.05, 3.63) is 59.7 Å². The summed E-state index contributed by atoms with van der Waals surface area (Å²) in [6, 6.07) is 11.8. The highest BCUT2D eigenvalue weighted by Gasteiger charge is 2.25. The van der Waals surface area contributed by atoms with Crippen LogP contribution in [-0.4, -0.2) is 43.0 Å². The minimum absolute atomic E-state index is 0.0147. The first-order valence-corrected chi connectivity index (χ1v) is 9.87. The summed E-state index contributed by atoms with van der Waals surface area (Å²) < 4.78 is 14.9. The van der Waals surface area contributed by atoms with E-state index < -0.39 is 35.9 Å². The number of nitrogens with two attached hydrogens (primary N) is 1. The number of methoxy groups -OCH3 is 1. The molecule has 0 aromatic heterocycles. The largest absolute Gasteiger partial charge is 0.467 e. The van der Waals surface area contributed by atoms with Crippen LogP contribution in [0.3, 0.4) is 0 Å². The first-order valence-electron chi connectivity index (χ1n) is 9.87. The second kappa shape index (κ2) is 11.6. The van der Waals surface area contributed by atoms with E-state index in [1.165, 1.54) is 33.1 Å². The highest BCUT2D eigenvalue weighted by atomic mass is 16.6. The lowest BCUT2D eigenvalue weighted by atomic mass is 10.0. The van der Waals surface area contributed by atoms with Crippen LogP contribution in [0.4, 0.5) is 0 Å². The summed E-state index contributed by atoms with van der Waals surface area (Å²) in [5.74, 6) is -2.30. The van der Waals surface area contributed by atoms with Crippen LogP contribution >= 0.6 is 0 Å². The van der Waals surface area contributed by atoms with Gasteiger partial charge in [0.1, 0.15) is 6.04 Å². The number of benzene rings is 2. The Morgan fingerprint density at radius 3 is 2.09 bits per heavy atom. The Labute approximate surface area is 185 Å². The van der Waals surface area contributed by atoms with E-state index >= 15 is 0 Å². The number of nitrogens with one attached hydrogen (secondary N) is 1. The first kappa shape index (κ1) is 24.5. The molecule has 0 radical (unpaired) electrons. The van der Waals surface area contributed by atoms with Crippen molar-refractivity contribution in [3.8, 4) is 11.5 Å². The molecule has 0 unspecified atom stereocenters. The van der Waals surface area contributed by atoms with E-state index in [1.54, 1.807) is 6.07 Å². The van der Waals surface area contributed by atoms with Gasteiger partial charge in [0, 0.05) is 20.3 Å². The molecule has 0 bridgehead atoms. The number of amides is 1. The van der Waals surface area contributed by atoms with Crippen molar-refractivity contribution >= 4 is 23.8 Å². The van der Waals surface area contributed by atoms with Gasteiger partial charge in [0.15, 0.2) is 11.5 Å². The standard InChI is InChI=1S/C23H26N2O7/c1-14(26)31-20-10-9-17(13-21(20)32-15(2)27)12-19(23(29)30-3)25-22(28)18(24)11-16-7-5-4-6-8-16/h4-10,13,18-19H,11-12,24H2,1-3H3,(H,25,28)/t18-,19-/m0/s1. The molecule has 1 amide bonds. The average Bonchev–Trinajstić information content (AvgIpc) is 2.74. The van der Waals surface area contributed by atoms with E-state index in [4.69, 9.17) is 19.9 Å². The van der Waals surface area contributed by atoms with E-state index in [0.29, 0.717) is 12.0 Å². The molecule has 3 N–H and O–H groups in total. The fourth-order valence-electron chi connectivity index (χ4n) is 2.96. The predicted molar refractivity (Wildman–Crippen MR) is 115 cm³/mol. The summed E-state index contributed by atoms with van der Waals surface area (Å²) >= 11 is 0. The van der Waals surface area contributed by atoms with Gasteiger partial charge in [-0.05, 0) is 29.7 Å². The Balaban J connectivity index is 2.17. The highest BCUT2D eigenvalue weighted by Crippen LogP contribution is 2.29. The topological polar surface area (TPSA) is 134 Å². The van der Waals surface area contributed by atoms with Gasteiger partial charge in [0.25, 0.3) is 0 Å². The summed E-state index contributed by atoms with van der Waals surface area (Å²) in [7, 11) is 1.21. The van der Waals surface area contributed by atoms with Crippen LogP contribution in [0.15, 0.2) is 48.5 Å². The van der Waals surface area contributed by atoms with Crippen LogP contribution in [0.25, 0.3) is 0 Å². The zero-order chi connectivity index (χ0) is 23.7. The molecule has 2 aromatic carbocycles. The van der Waals surface area contributed by atoms with Gasteiger partial charge in [-0.1, -0.05) is 36.4 Å². The van der Waals surface area contributed by atoms with Crippen molar-refractivity contribution in [2.75, 3.05) is 7.11 Å². The van der Waals surface area contributed by atoms with Gasteiger partial charge in [-0.3, -0.25) is 14.4 Å². The molecule has 32 heavy (non-hydrogen) atoms. The van der Waals surface area contributed by atoms with Crippen LogP contribution in [0.5, 0.6) is 11.5 Å². The SMILES string of the molecule is COC(=O)[C@H](Cc1ccc(OC(C)=O)c(OC(C)=O)c1)NC(=O)[C@@H](N)Cc1ccccc1. The van der Waals surface area contributed by atoms with Crippen LogP contribution in [0.1, 0.15) is 25.0 Å². The van der Waals surface area contributed by atoms with Gasteiger partial charge in [-0.15, -0.1) is 0 Å². The van der Waals surface area contributed by atoms with Crippen molar-refractivity contribution in [1.82, 2.24) is 5.32 Å². The number of rotatable bonds is 9. The summed E-state index contributed by atoms with van der Waals surface area (Å²) in [5.41, 5.74) is 7.43. The molecular formula is C23H26N2O7. The first-order chi connectivity index (χ1) is 15.2. The normalized spacial score (nSPS) is 12.2. The minimum atomic E-state index is -1.03. The number of ether oxygens (including phenoxy) is 3. The van der Waals surface area contributed by atoms with Crippen molar-refractivity contribution in [1.29, 1.82) is 0 Å². The van der Waals surface area contributed by atoms with E-state index in [1.807, 2.05) is 30.3 Å². The van der Waals surface area contributed by atoms with Crippen LogP contribution < -0.4 is 20.5 Å². The van der Waals surface area contributed by atoms with Gasteiger partial charge >= 0.3 is 17.9 Å². The maximum atomic E-state index is 12.6. The Morgan fingerprint density at radius 1 is 0.875 bits per heavy atom. The summed E-state index contributed by atoms with van der Waals surface area (Å²) in [5, 5.41) is 2.61. The summed E-state index contributed by atoms with van der Waals surface area (Å²) in [6.07, 6.45) is 0.333. The van der Waals surface area contributed by atoms with E-state index in [9.17, 15) is 19.2 Å². The number of hydrogen-bond donors (Lipinski definition) is 2. The van der Waals surface area contributed by atoms with Gasteiger partial charge in [-0.2, -0.15) is 0 Å². The van der Waals surface area contributed by atoms with E-state index in [0.717, 1.165) is 5.56 Å². The summed E-state index contributed by atoms with van der Waals surface area (Å²) in [4.78, 5) is 47.5. The van der Waals surface area contributed by atoms with Crippen molar-refractivity contribution in [3.63, 3.8) is 0 Å². The van der Waals surface area contributed by atoms with Crippen molar-refractivity contribution < 1.29 is 33.4 Å². The van der Waals surface area contributed by atoms with Gasteiger partial charge in [0.05, 0.1) is 13.2 Å². The number of esters is 3. The molecule has 170 valence electrons. The lowest BCUT2D eigenvalue weighted by molar-refractivity contribution is -0.145. The number of carbonyl (C=O) groups is 4. The second-order valence-electron chi connectivity index (χ2n) is 7.05. The molecule has 2 rings (SSSR count). The molecule has 0 saturated carbocycles. The molecule has 2 atom stereocenters. The smallest absolute Gasteiger partial charge is 0.328 e. The Hall–Kier alpha value is -3.72. The predicted octanol–water partition coefficient (Wildman–Crippen LogP) is 1.31. The lowest BCUT2D eigenvalue weighted by Gasteiger charge is -2.20. The monoisotopic (exact) mass is 442 g/mol. The maximum Gasteiger partial charge on any atom is 0.328 e. The molecule has 0 fully saturated rings. The fourth-order valence-corrected chi connectivity index (χ4v) is 2.96. The third-order valence-corrected chi connectivity index (χ3v) is 4.39. The molecule has 0 heterocycles. The summed E-state index contributed by atoms with van der Waals surface area (Å²) in [6.45, 7) is 2.42. The second-order valence-corrected chi connectivity index (χ2v) is 7.05. The Morgan fingerprint density at radius 2 is 1.50 bits per heavy atom. The zero-order valence-corrected chi connectivity index (χ0v) is 18.1. The van der Waals surface area contributed by atoms with Crippen LogP contribution in [0, 0.1) is 0 Å². The Bertz CT molecular complexity index is 976. The number of hydrogen-bond acceptors (Lipinski definition) is 8. The quantitative estimate of drug-likeness (QED) is 0.439. The zero-order valence-electron chi connectivity index (χ0n) is 18.1. The third-order valence-electron chi connectivity index (χ3n) is 4.39. The lowest BCUT2D eigenvalue weighted by Crippen LogP contribution is -2.50. The van der Waals surface area contributed by atoms with E-state index in [-0.39, 0.29) is 17.9 Å². The molecule has 0 spiro atoms. The molecular weight excluding hydrogens is 416 g/mol. The molecule has 0 saturated heterocycles. The molecule has 2 aromatic rings. The van der Waals surface area contributed by atoms with Gasteiger partial charge in [0.2, 0.25) is 5.91 Å². The molecule has 0 aliphatic rings. The van der Waals surface area contributed by atoms with Gasteiger partial charge < -0.3 is 25.3 Å². The third kappa shape index (κ3) is 7.51. The number of carbonyl (C=O) groups excluding carboxylic acids is 4. The minimum Gasteiger partial charge on any atom is -0.467 e. The maximum absolute atomic E-state index is 12.6. The highest BCUT2D eigenvalue weighted by molar-refractivity contribution is 5.87. The van der Waals surface area contributed by atoms with Crippen LogP contribution in [0.2, 0.25) is 0 Å². The van der Waals surface area contributed by atoms with Gasteiger partial charge in [-0.25, -0.2) is 4.79 Å².